The number of nitrogens with one attached hydrogen (secondary N) is 1. The molecule has 1 aliphatic carbocycles. The van der Waals surface area contributed by atoms with Crippen LogP contribution in [-0.2, 0) is 0 Å². The Balaban J connectivity index is 2.02. The first-order valence-corrected chi connectivity index (χ1v) is 7.11. The predicted octanol–water partition coefficient (Wildman–Crippen LogP) is 3.81. The molecular formula is C15H20FNOS. The second-order valence-corrected chi connectivity index (χ2v) is 6.58. The monoisotopic (exact) mass is 281 g/mol. The normalized spacial score (nSPS) is 22.0. The number of halogens is 1. The van der Waals surface area contributed by atoms with Crippen molar-refractivity contribution < 1.29 is 9.18 Å². The standard InChI is InChI=1S/C15H20FNOS/c1-15(2)7-3-4-11(9-15)17-14(18)10-5-6-12(16)13(19)8-10/h5-6,8,11,19H,3-4,7,9H2,1-2H3,(H,17,18). The lowest BCUT2D eigenvalue weighted by atomic mass is 9.75. The summed E-state index contributed by atoms with van der Waals surface area (Å²) in [5.74, 6) is -0.545. The lowest BCUT2D eigenvalue weighted by Crippen LogP contribution is -2.40. The molecule has 1 aliphatic rings. The van der Waals surface area contributed by atoms with E-state index in [4.69, 9.17) is 0 Å². The highest BCUT2D eigenvalue weighted by molar-refractivity contribution is 7.80. The number of benzene rings is 1. The van der Waals surface area contributed by atoms with Crippen molar-refractivity contribution in [2.75, 3.05) is 0 Å². The molecule has 1 atom stereocenters. The molecule has 0 heterocycles. The molecule has 0 spiro atoms. The van der Waals surface area contributed by atoms with Crippen LogP contribution in [0.1, 0.15) is 49.9 Å². The van der Waals surface area contributed by atoms with Crippen LogP contribution in [0, 0.1) is 11.2 Å². The molecule has 2 nitrogen and oxygen atoms in total. The topological polar surface area (TPSA) is 29.1 Å². The predicted molar refractivity (Wildman–Crippen MR) is 77.2 cm³/mol. The van der Waals surface area contributed by atoms with Gasteiger partial charge in [-0.2, -0.15) is 0 Å². The molecule has 1 unspecified atom stereocenters. The molecule has 1 N–H and O–H groups in total. The summed E-state index contributed by atoms with van der Waals surface area (Å²) >= 11 is 4.00. The minimum atomic E-state index is -0.404. The molecule has 0 saturated heterocycles. The third-order valence-electron chi connectivity index (χ3n) is 3.75. The minimum Gasteiger partial charge on any atom is -0.349 e. The summed E-state index contributed by atoms with van der Waals surface area (Å²) in [7, 11) is 0. The van der Waals surface area contributed by atoms with E-state index >= 15 is 0 Å². The van der Waals surface area contributed by atoms with Crippen molar-refractivity contribution in [3.05, 3.63) is 29.6 Å². The zero-order valence-electron chi connectivity index (χ0n) is 11.4. The van der Waals surface area contributed by atoms with Crippen LogP contribution < -0.4 is 5.32 Å². The number of rotatable bonds is 2. The number of hydrogen-bond donors (Lipinski definition) is 2. The van der Waals surface area contributed by atoms with Gasteiger partial charge in [0.2, 0.25) is 0 Å². The molecule has 0 aliphatic heterocycles. The Kier molecular flexibility index (Phi) is 4.19. The van der Waals surface area contributed by atoms with Crippen LogP contribution in [0.15, 0.2) is 23.1 Å². The quantitative estimate of drug-likeness (QED) is 0.793. The largest absolute Gasteiger partial charge is 0.349 e. The molecule has 1 fully saturated rings. The zero-order chi connectivity index (χ0) is 14.0. The highest BCUT2D eigenvalue weighted by Crippen LogP contribution is 2.35. The molecule has 1 saturated carbocycles. The Hall–Kier alpha value is -1.03. The van der Waals surface area contributed by atoms with E-state index in [0.29, 0.717) is 5.56 Å². The highest BCUT2D eigenvalue weighted by Gasteiger charge is 2.28. The SMILES string of the molecule is CC1(C)CCCC(NC(=O)c2ccc(F)c(S)c2)C1. The van der Waals surface area contributed by atoms with E-state index in [1.165, 1.54) is 24.6 Å². The van der Waals surface area contributed by atoms with Crippen LogP contribution >= 0.6 is 12.6 Å². The second kappa shape index (κ2) is 5.53. The number of amides is 1. The van der Waals surface area contributed by atoms with E-state index in [1.54, 1.807) is 0 Å². The van der Waals surface area contributed by atoms with Crippen LogP contribution in [0.4, 0.5) is 4.39 Å². The summed E-state index contributed by atoms with van der Waals surface area (Å²) in [6.07, 6.45) is 4.35. The smallest absolute Gasteiger partial charge is 0.251 e. The van der Waals surface area contributed by atoms with E-state index in [9.17, 15) is 9.18 Å². The van der Waals surface area contributed by atoms with Gasteiger partial charge in [0.05, 0.1) is 0 Å². The molecule has 4 heteroatoms. The maximum absolute atomic E-state index is 13.1. The Morgan fingerprint density at radius 3 is 2.84 bits per heavy atom. The summed E-state index contributed by atoms with van der Waals surface area (Å²) in [5.41, 5.74) is 0.753. The Labute approximate surface area is 119 Å². The summed E-state index contributed by atoms with van der Waals surface area (Å²) in [6.45, 7) is 4.46. The maximum Gasteiger partial charge on any atom is 0.251 e. The third-order valence-corrected chi connectivity index (χ3v) is 4.09. The minimum absolute atomic E-state index is 0.141. The van der Waals surface area contributed by atoms with Crippen molar-refractivity contribution in [1.29, 1.82) is 0 Å². The van der Waals surface area contributed by atoms with Crippen LogP contribution in [-0.4, -0.2) is 11.9 Å². The molecule has 0 radical (unpaired) electrons. The number of carbonyl (C=O) groups excluding carboxylic acids is 1. The van der Waals surface area contributed by atoms with Gasteiger partial charge in [0.1, 0.15) is 5.82 Å². The first-order valence-electron chi connectivity index (χ1n) is 6.67. The third kappa shape index (κ3) is 3.72. The molecule has 2 rings (SSSR count). The highest BCUT2D eigenvalue weighted by atomic mass is 32.1. The number of hydrogen-bond acceptors (Lipinski definition) is 2. The fourth-order valence-electron chi connectivity index (χ4n) is 2.74. The van der Waals surface area contributed by atoms with E-state index in [-0.39, 0.29) is 22.3 Å². The van der Waals surface area contributed by atoms with E-state index in [0.717, 1.165) is 19.3 Å². The van der Waals surface area contributed by atoms with Crippen LogP contribution in [0.2, 0.25) is 0 Å². The van der Waals surface area contributed by atoms with Gasteiger partial charge < -0.3 is 5.32 Å². The lowest BCUT2D eigenvalue weighted by Gasteiger charge is -2.35. The van der Waals surface area contributed by atoms with Gasteiger partial charge in [0, 0.05) is 16.5 Å². The van der Waals surface area contributed by atoms with Crippen LogP contribution in [0.3, 0.4) is 0 Å². The first kappa shape index (κ1) is 14.4. The molecule has 19 heavy (non-hydrogen) atoms. The molecular weight excluding hydrogens is 261 g/mol. The van der Waals surface area contributed by atoms with Crippen LogP contribution in [0.5, 0.6) is 0 Å². The Morgan fingerprint density at radius 1 is 1.47 bits per heavy atom. The molecule has 104 valence electrons. The number of thiol groups is 1. The van der Waals surface area contributed by atoms with E-state index in [1.807, 2.05) is 0 Å². The van der Waals surface area contributed by atoms with Gasteiger partial charge >= 0.3 is 0 Å². The molecule has 0 aromatic heterocycles. The van der Waals surface area contributed by atoms with Crippen molar-refractivity contribution in [2.24, 2.45) is 5.41 Å². The Bertz CT molecular complexity index is 487. The second-order valence-electron chi connectivity index (χ2n) is 6.10. The fraction of sp³-hybridized carbons (Fsp3) is 0.533. The van der Waals surface area contributed by atoms with Crippen molar-refractivity contribution >= 4 is 18.5 Å². The van der Waals surface area contributed by atoms with Gasteiger partial charge in [0.25, 0.3) is 5.91 Å². The maximum atomic E-state index is 13.1. The van der Waals surface area contributed by atoms with Crippen molar-refractivity contribution in [3.63, 3.8) is 0 Å². The number of carbonyl (C=O) groups is 1. The summed E-state index contributed by atoms with van der Waals surface area (Å²) in [4.78, 5) is 12.3. The summed E-state index contributed by atoms with van der Waals surface area (Å²) in [6, 6.07) is 4.46. The van der Waals surface area contributed by atoms with Gasteiger partial charge in [-0.15, -0.1) is 12.6 Å². The van der Waals surface area contributed by atoms with Gasteiger partial charge in [-0.05, 0) is 42.9 Å². The van der Waals surface area contributed by atoms with Crippen molar-refractivity contribution in [2.45, 2.75) is 50.5 Å². The van der Waals surface area contributed by atoms with E-state index < -0.39 is 5.82 Å². The Morgan fingerprint density at radius 2 is 2.21 bits per heavy atom. The average molecular weight is 281 g/mol. The molecule has 1 amide bonds. The zero-order valence-corrected chi connectivity index (χ0v) is 12.3. The summed E-state index contributed by atoms with van der Waals surface area (Å²) < 4.78 is 13.1. The summed E-state index contributed by atoms with van der Waals surface area (Å²) in [5, 5.41) is 3.04. The molecule has 1 aromatic rings. The van der Waals surface area contributed by atoms with Gasteiger partial charge in [0.15, 0.2) is 0 Å². The van der Waals surface area contributed by atoms with Crippen LogP contribution in [0.25, 0.3) is 0 Å². The van der Waals surface area contributed by atoms with Gasteiger partial charge in [-0.1, -0.05) is 20.3 Å². The fourth-order valence-corrected chi connectivity index (χ4v) is 2.96. The molecule has 0 bridgehead atoms. The van der Waals surface area contributed by atoms with Crippen molar-refractivity contribution in [3.8, 4) is 0 Å². The molecule has 1 aromatic carbocycles. The van der Waals surface area contributed by atoms with Gasteiger partial charge in [-0.25, -0.2) is 4.39 Å². The van der Waals surface area contributed by atoms with E-state index in [2.05, 4.69) is 31.8 Å². The lowest BCUT2D eigenvalue weighted by molar-refractivity contribution is 0.0902. The first-order chi connectivity index (χ1) is 8.87. The van der Waals surface area contributed by atoms with Crippen molar-refractivity contribution in [1.82, 2.24) is 5.32 Å². The van der Waals surface area contributed by atoms with Gasteiger partial charge in [-0.3, -0.25) is 4.79 Å². The average Bonchev–Trinajstić information content (AvgIpc) is 2.31.